The van der Waals surface area contributed by atoms with E-state index in [1.165, 1.54) is 21.1 Å². The van der Waals surface area contributed by atoms with Crippen LogP contribution in [0.3, 0.4) is 0 Å². The maximum atomic E-state index is 10.3. The maximum Gasteiger partial charge on any atom is 0.330 e. The number of hydrogen-bond donors (Lipinski definition) is 1. The highest BCUT2D eigenvalue weighted by molar-refractivity contribution is 5.94. The third-order valence-electron chi connectivity index (χ3n) is 1.22. The lowest BCUT2D eigenvalue weighted by molar-refractivity contribution is -0.136. The third kappa shape index (κ3) is 21.4. The number of carbonyl (C=O) groups is 4. The summed E-state index contributed by atoms with van der Waals surface area (Å²) in [6.07, 6.45) is 3.79. The van der Waals surface area contributed by atoms with Crippen molar-refractivity contribution in [3.05, 3.63) is 24.3 Å². The summed E-state index contributed by atoms with van der Waals surface area (Å²) in [6.45, 7) is 1.36. The minimum atomic E-state index is -1.17. The van der Waals surface area contributed by atoms with Crippen LogP contribution in [0.5, 0.6) is 0 Å². The van der Waals surface area contributed by atoms with Gasteiger partial charge < -0.3 is 14.6 Å². The molecule has 0 radical (unpaired) electrons. The Morgan fingerprint density at radius 2 is 1.21 bits per heavy atom. The van der Waals surface area contributed by atoms with E-state index >= 15 is 0 Å². The molecule has 0 aromatic carbocycles. The topological polar surface area (TPSA) is 107 Å². The van der Waals surface area contributed by atoms with Crippen molar-refractivity contribution in [3.63, 3.8) is 0 Å². The van der Waals surface area contributed by atoms with Crippen LogP contribution in [0.2, 0.25) is 0 Å². The summed E-state index contributed by atoms with van der Waals surface area (Å²) in [5.41, 5.74) is 0. The predicted octanol–water partition coefficient (Wildman–Crippen LogP) is 0.741. The smallest absolute Gasteiger partial charge is 0.330 e. The number of ether oxygens (including phenoxy) is 2. The average Bonchev–Trinajstić information content (AvgIpc) is 2.33. The van der Waals surface area contributed by atoms with Gasteiger partial charge in [-0.1, -0.05) is 7.43 Å². The Bertz CT molecular complexity index is 330. The van der Waals surface area contributed by atoms with Gasteiger partial charge in [-0.05, 0) is 13.0 Å². The summed E-state index contributed by atoms with van der Waals surface area (Å²) in [7, 11) is 2.43. The molecule has 0 spiro atoms. The Balaban J connectivity index is -0.000000256. The lowest BCUT2D eigenvalue weighted by Crippen LogP contribution is -1.96. The normalized spacial score (nSPS) is 9.00. The molecule has 0 bridgehead atoms. The first-order valence-corrected chi connectivity index (χ1v) is 4.59. The van der Waals surface area contributed by atoms with Crippen molar-refractivity contribution < 1.29 is 33.8 Å². The molecule has 0 saturated carbocycles. The van der Waals surface area contributed by atoms with Crippen molar-refractivity contribution >= 4 is 23.7 Å². The molecule has 0 rings (SSSR count). The molecular formula is C12H18O7. The monoisotopic (exact) mass is 274 g/mol. The lowest BCUT2D eigenvalue weighted by Gasteiger charge is -1.85. The van der Waals surface area contributed by atoms with Gasteiger partial charge in [0, 0.05) is 18.2 Å². The van der Waals surface area contributed by atoms with E-state index in [1.54, 1.807) is 0 Å². The fourth-order valence-electron chi connectivity index (χ4n) is 0.461. The van der Waals surface area contributed by atoms with Gasteiger partial charge in [-0.25, -0.2) is 14.4 Å². The molecule has 7 heteroatoms. The van der Waals surface area contributed by atoms with Crippen LogP contribution in [-0.2, 0) is 28.7 Å². The molecule has 7 nitrogen and oxygen atoms in total. The third-order valence-corrected chi connectivity index (χ3v) is 1.22. The highest BCUT2D eigenvalue weighted by atomic mass is 16.5. The van der Waals surface area contributed by atoms with Gasteiger partial charge in [0.15, 0.2) is 5.78 Å². The molecule has 0 unspecified atom stereocenters. The average molecular weight is 274 g/mol. The van der Waals surface area contributed by atoms with Gasteiger partial charge >= 0.3 is 17.9 Å². The summed E-state index contributed by atoms with van der Waals surface area (Å²) in [4.78, 5) is 40.3. The predicted molar refractivity (Wildman–Crippen MR) is 67.4 cm³/mol. The van der Waals surface area contributed by atoms with Crippen molar-refractivity contribution in [1.82, 2.24) is 0 Å². The van der Waals surface area contributed by atoms with E-state index in [9.17, 15) is 19.2 Å². The van der Waals surface area contributed by atoms with Gasteiger partial charge in [0.1, 0.15) is 0 Å². The summed E-state index contributed by atoms with van der Waals surface area (Å²) >= 11 is 0. The number of hydrogen-bond acceptors (Lipinski definition) is 6. The largest absolute Gasteiger partial charge is 0.478 e. The summed E-state index contributed by atoms with van der Waals surface area (Å²) < 4.78 is 8.33. The fraction of sp³-hybridized carbons (Fsp3) is 0.333. The van der Waals surface area contributed by atoms with Gasteiger partial charge in [0.2, 0.25) is 0 Å². The van der Waals surface area contributed by atoms with E-state index < -0.39 is 17.9 Å². The van der Waals surface area contributed by atoms with Gasteiger partial charge in [0.25, 0.3) is 0 Å². The molecule has 0 aliphatic rings. The van der Waals surface area contributed by atoms with Gasteiger partial charge in [-0.15, -0.1) is 0 Å². The summed E-state index contributed by atoms with van der Waals surface area (Å²) in [5, 5.41) is 7.96. The zero-order valence-electron chi connectivity index (χ0n) is 10.2. The highest BCUT2D eigenvalue weighted by Gasteiger charge is 1.92. The molecule has 0 aliphatic heterocycles. The van der Waals surface area contributed by atoms with E-state index in [-0.39, 0.29) is 13.2 Å². The molecular weight excluding hydrogens is 256 g/mol. The van der Waals surface area contributed by atoms with Crippen LogP contribution < -0.4 is 0 Å². The van der Waals surface area contributed by atoms with Crippen LogP contribution in [0.25, 0.3) is 0 Å². The van der Waals surface area contributed by atoms with E-state index in [2.05, 4.69) is 9.47 Å². The molecule has 1 N–H and O–H groups in total. The Kier molecular flexibility index (Phi) is 15.6. The molecule has 0 heterocycles. The summed E-state index contributed by atoms with van der Waals surface area (Å²) in [6, 6.07) is 0. The minimum Gasteiger partial charge on any atom is -0.478 e. The van der Waals surface area contributed by atoms with Gasteiger partial charge in [-0.3, -0.25) is 4.79 Å². The van der Waals surface area contributed by atoms with E-state index in [1.807, 2.05) is 0 Å². The van der Waals surface area contributed by atoms with E-state index in [0.717, 1.165) is 18.2 Å². The number of rotatable bonds is 4. The van der Waals surface area contributed by atoms with Crippen molar-refractivity contribution in [2.24, 2.45) is 0 Å². The van der Waals surface area contributed by atoms with Gasteiger partial charge in [0.05, 0.1) is 14.2 Å². The molecule has 0 aliphatic carbocycles. The zero-order chi connectivity index (χ0) is 14.6. The maximum absolute atomic E-state index is 10.3. The second-order valence-electron chi connectivity index (χ2n) is 2.66. The molecule has 0 atom stereocenters. The molecule has 0 amide bonds. The Morgan fingerprint density at radius 1 is 0.842 bits per heavy atom. The first-order chi connectivity index (χ1) is 8.33. The van der Waals surface area contributed by atoms with Crippen molar-refractivity contribution in [2.45, 2.75) is 14.4 Å². The number of esters is 2. The van der Waals surface area contributed by atoms with Crippen LogP contribution in [0.1, 0.15) is 14.4 Å². The number of allylic oxidation sites excluding steroid dienone is 1. The number of carbonyl (C=O) groups excluding carboxylic acids is 3. The Hall–Kier alpha value is -2.44. The number of aliphatic carboxylic acids is 1. The molecule has 0 aromatic rings. The number of carboxylic acid groups (broad SMARTS) is 1. The Morgan fingerprint density at radius 3 is 1.47 bits per heavy atom. The van der Waals surface area contributed by atoms with Gasteiger partial charge in [-0.2, -0.15) is 0 Å². The number of ketones is 1. The van der Waals surface area contributed by atoms with Crippen LogP contribution in [-0.4, -0.2) is 43.0 Å². The molecule has 19 heavy (non-hydrogen) atoms. The van der Waals surface area contributed by atoms with Crippen molar-refractivity contribution in [2.75, 3.05) is 14.2 Å². The number of carboxylic acids is 1. The Labute approximate surface area is 111 Å². The first kappa shape index (κ1) is 21.8. The lowest BCUT2D eigenvalue weighted by atomic mass is 10.4. The zero-order valence-corrected chi connectivity index (χ0v) is 10.2. The minimum absolute atomic E-state index is 0. The van der Waals surface area contributed by atoms with Crippen LogP contribution >= 0.6 is 0 Å². The summed E-state index contributed by atoms with van der Waals surface area (Å²) in [5.74, 6) is -2.51. The highest BCUT2D eigenvalue weighted by Crippen LogP contribution is 1.78. The van der Waals surface area contributed by atoms with E-state index in [0.29, 0.717) is 6.08 Å². The van der Waals surface area contributed by atoms with Crippen LogP contribution in [0, 0.1) is 0 Å². The van der Waals surface area contributed by atoms with Crippen LogP contribution in [0.4, 0.5) is 0 Å². The second-order valence-corrected chi connectivity index (χ2v) is 2.66. The fourth-order valence-corrected chi connectivity index (χ4v) is 0.461. The van der Waals surface area contributed by atoms with Crippen molar-refractivity contribution in [3.8, 4) is 0 Å². The molecule has 0 saturated heterocycles. The van der Waals surface area contributed by atoms with Crippen LogP contribution in [0.15, 0.2) is 24.3 Å². The molecule has 0 aromatic heterocycles. The van der Waals surface area contributed by atoms with Crippen molar-refractivity contribution in [1.29, 1.82) is 0 Å². The standard InChI is InChI=1S/C6H8O3.C5H6O4.CH4/c1-5(7)3-4-6(8)9-2;1-9-5(8)3-2-4(6)7;/h3-4H,1-2H3;2-3H,1H3,(H,6,7);1H4/b4-3-;3-2+;. The molecule has 108 valence electrons. The first-order valence-electron chi connectivity index (χ1n) is 4.59. The SMILES string of the molecule is C.COC(=O)/C=C/C(=O)O.COC(=O)/C=C\C(C)=O. The second kappa shape index (κ2) is 13.6. The van der Waals surface area contributed by atoms with E-state index in [4.69, 9.17) is 5.11 Å². The molecule has 0 fully saturated rings. The number of methoxy groups -OCH3 is 2. The quantitative estimate of drug-likeness (QED) is 0.595.